The highest BCUT2D eigenvalue weighted by molar-refractivity contribution is 9.10. The number of pyridine rings is 1. The SMILES string of the molecule is CCCC(O)CNC(=O)Nc1cc(Br)cnc1OCC(F)(F)F. The Morgan fingerprint density at radius 2 is 2.22 bits per heavy atom. The zero-order chi connectivity index (χ0) is 17.5. The van der Waals surface area contributed by atoms with Gasteiger partial charge in [0.25, 0.3) is 0 Å². The Balaban J connectivity index is 2.66. The first-order valence-corrected chi connectivity index (χ1v) is 7.58. The van der Waals surface area contributed by atoms with Gasteiger partial charge in [0.15, 0.2) is 6.61 Å². The van der Waals surface area contributed by atoms with E-state index in [1.54, 1.807) is 0 Å². The van der Waals surface area contributed by atoms with Gasteiger partial charge in [-0.15, -0.1) is 0 Å². The Kier molecular flexibility index (Phi) is 7.56. The standard InChI is InChI=1S/C13H17BrF3N3O3/c1-2-3-9(21)6-19-12(22)20-10-4-8(14)5-18-11(10)23-7-13(15,16)17/h4-5,9,21H,2-3,6-7H2,1H3,(H2,19,20,22). The van der Waals surface area contributed by atoms with E-state index >= 15 is 0 Å². The van der Waals surface area contributed by atoms with Gasteiger partial charge in [0.1, 0.15) is 5.69 Å². The maximum atomic E-state index is 12.2. The van der Waals surface area contributed by atoms with E-state index in [2.05, 4.69) is 36.3 Å². The summed E-state index contributed by atoms with van der Waals surface area (Å²) in [5.41, 5.74) is -0.0221. The molecule has 0 fully saturated rings. The molecule has 6 nitrogen and oxygen atoms in total. The summed E-state index contributed by atoms with van der Waals surface area (Å²) in [6.07, 6.45) is -2.67. The van der Waals surface area contributed by atoms with E-state index in [4.69, 9.17) is 0 Å². The maximum absolute atomic E-state index is 12.2. The first-order valence-electron chi connectivity index (χ1n) is 6.79. The molecule has 0 saturated carbocycles. The highest BCUT2D eigenvalue weighted by Gasteiger charge is 2.29. The van der Waals surface area contributed by atoms with Crippen molar-refractivity contribution in [2.24, 2.45) is 0 Å². The van der Waals surface area contributed by atoms with Crippen LogP contribution in [0.1, 0.15) is 19.8 Å². The van der Waals surface area contributed by atoms with Crippen molar-refractivity contribution in [2.75, 3.05) is 18.5 Å². The molecule has 1 atom stereocenters. The molecule has 0 radical (unpaired) electrons. The number of carbonyl (C=O) groups excluding carboxylic acids is 1. The number of aliphatic hydroxyl groups excluding tert-OH is 1. The molecular formula is C13H17BrF3N3O3. The van der Waals surface area contributed by atoms with E-state index in [0.29, 0.717) is 10.9 Å². The van der Waals surface area contributed by atoms with Crippen molar-refractivity contribution in [3.63, 3.8) is 0 Å². The lowest BCUT2D eigenvalue weighted by atomic mass is 10.2. The Hall–Kier alpha value is -1.55. The highest BCUT2D eigenvalue weighted by atomic mass is 79.9. The second kappa shape index (κ2) is 8.92. The van der Waals surface area contributed by atoms with Gasteiger partial charge in [-0.2, -0.15) is 13.2 Å². The quantitative estimate of drug-likeness (QED) is 0.657. The normalized spacial score (nSPS) is 12.6. The van der Waals surface area contributed by atoms with Crippen LogP contribution in [-0.4, -0.2) is 41.6 Å². The third kappa shape index (κ3) is 8.03. The number of hydrogen-bond donors (Lipinski definition) is 3. The summed E-state index contributed by atoms with van der Waals surface area (Å²) in [6.45, 7) is 0.397. The molecule has 1 aromatic heterocycles. The van der Waals surface area contributed by atoms with Crippen LogP contribution in [-0.2, 0) is 0 Å². The molecule has 23 heavy (non-hydrogen) atoms. The maximum Gasteiger partial charge on any atom is 0.422 e. The number of ether oxygens (including phenoxy) is 1. The number of aromatic nitrogens is 1. The van der Waals surface area contributed by atoms with Gasteiger partial charge in [0.05, 0.1) is 6.10 Å². The van der Waals surface area contributed by atoms with Gasteiger partial charge in [-0.3, -0.25) is 0 Å². The van der Waals surface area contributed by atoms with Gasteiger partial charge in [0.2, 0.25) is 5.88 Å². The summed E-state index contributed by atoms with van der Waals surface area (Å²) in [5, 5.41) is 14.3. The largest absolute Gasteiger partial charge is 0.467 e. The van der Waals surface area contributed by atoms with E-state index in [-0.39, 0.29) is 18.1 Å². The monoisotopic (exact) mass is 399 g/mol. The van der Waals surface area contributed by atoms with Crippen molar-refractivity contribution in [1.29, 1.82) is 0 Å². The van der Waals surface area contributed by atoms with Crippen LogP contribution < -0.4 is 15.4 Å². The van der Waals surface area contributed by atoms with Gasteiger partial charge >= 0.3 is 12.2 Å². The van der Waals surface area contributed by atoms with Crippen molar-refractivity contribution in [3.8, 4) is 5.88 Å². The fraction of sp³-hybridized carbons (Fsp3) is 0.538. The van der Waals surface area contributed by atoms with Gasteiger partial charge in [-0.1, -0.05) is 13.3 Å². The Bertz CT molecular complexity index is 529. The van der Waals surface area contributed by atoms with E-state index in [1.807, 2.05) is 6.92 Å². The molecule has 0 aromatic carbocycles. The van der Waals surface area contributed by atoms with Crippen molar-refractivity contribution < 1.29 is 27.8 Å². The summed E-state index contributed by atoms with van der Waals surface area (Å²) in [6, 6.07) is 0.678. The molecule has 0 bridgehead atoms. The summed E-state index contributed by atoms with van der Waals surface area (Å²) in [5.74, 6) is -0.352. The van der Waals surface area contributed by atoms with Gasteiger partial charge in [0, 0.05) is 17.2 Å². The molecule has 0 aliphatic carbocycles. The Morgan fingerprint density at radius 1 is 1.52 bits per heavy atom. The van der Waals surface area contributed by atoms with Crippen molar-refractivity contribution in [2.45, 2.75) is 32.0 Å². The molecule has 0 spiro atoms. The number of amides is 2. The first kappa shape index (κ1) is 19.5. The van der Waals surface area contributed by atoms with Gasteiger partial charge < -0.3 is 20.5 Å². The number of nitrogens with one attached hydrogen (secondary N) is 2. The second-order valence-electron chi connectivity index (χ2n) is 4.69. The number of anilines is 1. The highest BCUT2D eigenvalue weighted by Crippen LogP contribution is 2.27. The number of carbonyl (C=O) groups is 1. The lowest BCUT2D eigenvalue weighted by Gasteiger charge is -2.14. The number of alkyl halides is 3. The van der Waals surface area contributed by atoms with Crippen LogP contribution in [0.15, 0.2) is 16.7 Å². The van der Waals surface area contributed by atoms with Crippen LogP contribution in [0, 0.1) is 0 Å². The summed E-state index contributed by atoms with van der Waals surface area (Å²) >= 11 is 3.11. The topological polar surface area (TPSA) is 83.5 Å². The van der Waals surface area contributed by atoms with E-state index in [1.165, 1.54) is 12.3 Å². The molecule has 0 saturated heterocycles. The zero-order valence-electron chi connectivity index (χ0n) is 12.3. The first-order chi connectivity index (χ1) is 10.7. The van der Waals surface area contributed by atoms with Crippen LogP contribution in [0.25, 0.3) is 0 Å². The number of rotatable bonds is 7. The molecular weight excluding hydrogens is 383 g/mol. The number of nitrogens with zero attached hydrogens (tertiary/aromatic N) is 1. The van der Waals surface area contributed by atoms with Crippen LogP contribution in [0.4, 0.5) is 23.7 Å². The molecule has 1 rings (SSSR count). The van der Waals surface area contributed by atoms with Crippen LogP contribution in [0.5, 0.6) is 5.88 Å². The van der Waals surface area contributed by atoms with E-state index in [9.17, 15) is 23.1 Å². The molecule has 0 aliphatic rings. The lowest BCUT2D eigenvalue weighted by molar-refractivity contribution is -0.153. The number of hydrogen-bond acceptors (Lipinski definition) is 4. The molecule has 1 aromatic rings. The average molecular weight is 400 g/mol. The van der Waals surface area contributed by atoms with Crippen LogP contribution >= 0.6 is 15.9 Å². The number of aliphatic hydroxyl groups is 1. The van der Waals surface area contributed by atoms with E-state index < -0.39 is 24.9 Å². The smallest absolute Gasteiger partial charge is 0.422 e. The number of halogens is 4. The summed E-state index contributed by atoms with van der Waals surface area (Å²) in [4.78, 5) is 15.4. The molecule has 0 aliphatic heterocycles. The predicted octanol–water partition coefficient (Wildman–Crippen LogP) is 3.07. The van der Waals surface area contributed by atoms with Gasteiger partial charge in [-0.05, 0) is 28.4 Å². The van der Waals surface area contributed by atoms with Crippen LogP contribution in [0.3, 0.4) is 0 Å². The van der Waals surface area contributed by atoms with E-state index in [0.717, 1.165) is 6.42 Å². The zero-order valence-corrected chi connectivity index (χ0v) is 13.9. The second-order valence-corrected chi connectivity index (χ2v) is 5.60. The minimum Gasteiger partial charge on any atom is -0.467 e. The molecule has 130 valence electrons. The lowest BCUT2D eigenvalue weighted by Crippen LogP contribution is -2.35. The Morgan fingerprint density at radius 3 is 2.83 bits per heavy atom. The average Bonchev–Trinajstić information content (AvgIpc) is 2.43. The Labute approximate surface area is 139 Å². The predicted molar refractivity (Wildman–Crippen MR) is 81.4 cm³/mol. The van der Waals surface area contributed by atoms with Crippen molar-refractivity contribution in [3.05, 3.63) is 16.7 Å². The van der Waals surface area contributed by atoms with Crippen molar-refractivity contribution in [1.82, 2.24) is 10.3 Å². The molecule has 10 heteroatoms. The fourth-order valence-electron chi connectivity index (χ4n) is 1.59. The molecule has 1 unspecified atom stereocenters. The summed E-state index contributed by atoms with van der Waals surface area (Å²) in [7, 11) is 0. The molecule has 3 N–H and O–H groups in total. The minimum atomic E-state index is -4.52. The van der Waals surface area contributed by atoms with Crippen LogP contribution in [0.2, 0.25) is 0 Å². The third-order valence-electron chi connectivity index (χ3n) is 2.56. The fourth-order valence-corrected chi connectivity index (χ4v) is 1.93. The van der Waals surface area contributed by atoms with Gasteiger partial charge in [-0.25, -0.2) is 9.78 Å². The molecule has 2 amide bonds. The van der Waals surface area contributed by atoms with Crippen molar-refractivity contribution >= 4 is 27.6 Å². The minimum absolute atomic E-state index is 0.0221. The number of urea groups is 1. The molecule has 1 heterocycles. The third-order valence-corrected chi connectivity index (χ3v) is 2.99. The summed E-state index contributed by atoms with van der Waals surface area (Å²) < 4.78 is 41.7.